The van der Waals surface area contributed by atoms with Crippen LogP contribution in [0, 0.1) is 6.92 Å². The van der Waals surface area contributed by atoms with Gasteiger partial charge in [-0.25, -0.2) is 9.97 Å². The van der Waals surface area contributed by atoms with E-state index in [1.807, 2.05) is 19.3 Å². The molecule has 0 aliphatic heterocycles. The molecule has 0 bridgehead atoms. The molecular weight excluding hydrogens is 334 g/mol. The Morgan fingerprint density at radius 3 is 2.70 bits per heavy atom. The van der Waals surface area contributed by atoms with Crippen LogP contribution < -0.4 is 5.32 Å². The maximum absolute atomic E-state index is 4.36. The molecule has 1 heterocycles. The molecule has 0 saturated heterocycles. The molecule has 0 unspecified atom stereocenters. The summed E-state index contributed by atoms with van der Waals surface area (Å²) in [6.45, 7) is 6.06. The molecule has 2 aromatic rings. The van der Waals surface area contributed by atoms with Gasteiger partial charge in [-0.3, -0.25) is 0 Å². The normalized spacial score (nSPS) is 10.8. The topological polar surface area (TPSA) is 37.8 Å². The van der Waals surface area contributed by atoms with Crippen LogP contribution in [0.4, 0.5) is 0 Å². The lowest BCUT2D eigenvalue weighted by Crippen LogP contribution is -2.14. The van der Waals surface area contributed by atoms with Gasteiger partial charge in [0.25, 0.3) is 0 Å². The summed E-state index contributed by atoms with van der Waals surface area (Å²) in [6, 6.07) is 6.34. The molecule has 0 atom stereocenters. The SMILES string of the molecule is CCCNCc1ccc(Br)cc1Sc1ncc(C)cn1. The first-order valence-corrected chi connectivity index (χ1v) is 8.25. The van der Waals surface area contributed by atoms with Crippen LogP contribution in [0.15, 0.2) is 45.1 Å². The number of aromatic nitrogens is 2. The highest BCUT2D eigenvalue weighted by atomic mass is 79.9. The van der Waals surface area contributed by atoms with Crippen LogP contribution in [0.5, 0.6) is 0 Å². The highest BCUT2D eigenvalue weighted by Gasteiger charge is 2.07. The molecule has 0 amide bonds. The van der Waals surface area contributed by atoms with Crippen molar-refractivity contribution in [2.45, 2.75) is 36.9 Å². The molecule has 5 heteroatoms. The molecule has 1 aromatic heterocycles. The van der Waals surface area contributed by atoms with Crippen molar-refractivity contribution in [3.63, 3.8) is 0 Å². The summed E-state index contributed by atoms with van der Waals surface area (Å²) in [5.41, 5.74) is 2.35. The van der Waals surface area contributed by atoms with Gasteiger partial charge in [-0.05, 0) is 54.9 Å². The zero-order valence-corrected chi connectivity index (χ0v) is 14.1. The van der Waals surface area contributed by atoms with Gasteiger partial charge in [-0.15, -0.1) is 0 Å². The predicted octanol–water partition coefficient (Wildman–Crippen LogP) is 4.20. The summed E-state index contributed by atoms with van der Waals surface area (Å²) in [5, 5.41) is 4.22. The predicted molar refractivity (Wildman–Crippen MR) is 87.0 cm³/mol. The van der Waals surface area contributed by atoms with Crippen LogP contribution in [-0.2, 0) is 6.54 Å². The number of aryl methyl sites for hydroxylation is 1. The van der Waals surface area contributed by atoms with E-state index >= 15 is 0 Å². The average molecular weight is 352 g/mol. The van der Waals surface area contributed by atoms with Gasteiger partial charge in [0.15, 0.2) is 5.16 Å². The van der Waals surface area contributed by atoms with E-state index in [9.17, 15) is 0 Å². The van der Waals surface area contributed by atoms with Gasteiger partial charge in [0.05, 0.1) is 0 Å². The van der Waals surface area contributed by atoms with E-state index in [1.54, 1.807) is 11.8 Å². The van der Waals surface area contributed by atoms with E-state index in [1.165, 1.54) is 10.5 Å². The fourth-order valence-electron chi connectivity index (χ4n) is 1.70. The molecule has 0 saturated carbocycles. The Morgan fingerprint density at radius 2 is 2.00 bits per heavy atom. The third-order valence-electron chi connectivity index (χ3n) is 2.73. The van der Waals surface area contributed by atoms with Crippen molar-refractivity contribution < 1.29 is 0 Å². The van der Waals surface area contributed by atoms with Gasteiger partial charge in [0.2, 0.25) is 0 Å². The molecule has 2 rings (SSSR count). The number of nitrogens with one attached hydrogen (secondary N) is 1. The van der Waals surface area contributed by atoms with Crippen LogP contribution in [0.3, 0.4) is 0 Å². The Bertz CT molecular complexity index is 558. The van der Waals surface area contributed by atoms with Crippen LogP contribution in [0.1, 0.15) is 24.5 Å². The Labute approximate surface area is 132 Å². The summed E-state index contributed by atoms with van der Waals surface area (Å²) in [4.78, 5) is 9.90. The van der Waals surface area contributed by atoms with Crippen molar-refractivity contribution in [3.05, 3.63) is 46.2 Å². The highest BCUT2D eigenvalue weighted by molar-refractivity contribution is 9.10. The third-order valence-corrected chi connectivity index (χ3v) is 4.22. The Hall–Kier alpha value is -0.910. The van der Waals surface area contributed by atoms with E-state index in [4.69, 9.17) is 0 Å². The van der Waals surface area contributed by atoms with Gasteiger partial charge >= 0.3 is 0 Å². The third kappa shape index (κ3) is 4.58. The van der Waals surface area contributed by atoms with Crippen molar-refractivity contribution >= 4 is 27.7 Å². The molecule has 0 fully saturated rings. The van der Waals surface area contributed by atoms with Crippen LogP contribution in [-0.4, -0.2) is 16.5 Å². The molecule has 3 nitrogen and oxygen atoms in total. The summed E-state index contributed by atoms with van der Waals surface area (Å²) < 4.78 is 1.08. The first-order valence-electron chi connectivity index (χ1n) is 6.64. The zero-order valence-electron chi connectivity index (χ0n) is 11.7. The summed E-state index contributed by atoms with van der Waals surface area (Å²) in [7, 11) is 0. The Morgan fingerprint density at radius 1 is 1.25 bits per heavy atom. The largest absolute Gasteiger partial charge is 0.313 e. The summed E-state index contributed by atoms with van der Waals surface area (Å²) in [5.74, 6) is 0. The smallest absolute Gasteiger partial charge is 0.192 e. The lowest BCUT2D eigenvalue weighted by molar-refractivity contribution is 0.669. The van der Waals surface area contributed by atoms with Crippen LogP contribution in [0.2, 0.25) is 0 Å². The van der Waals surface area contributed by atoms with Crippen LogP contribution >= 0.6 is 27.7 Å². The molecule has 0 radical (unpaired) electrons. The fourth-order valence-corrected chi connectivity index (χ4v) is 3.08. The van der Waals surface area contributed by atoms with Gasteiger partial charge in [-0.2, -0.15) is 0 Å². The van der Waals surface area contributed by atoms with E-state index in [0.29, 0.717) is 0 Å². The van der Waals surface area contributed by atoms with Gasteiger partial charge in [-0.1, -0.05) is 28.9 Å². The minimum Gasteiger partial charge on any atom is -0.313 e. The van der Waals surface area contributed by atoms with Crippen molar-refractivity contribution in [1.82, 2.24) is 15.3 Å². The number of rotatable bonds is 6. The Kier molecular flexibility index (Phi) is 6.01. The minimum atomic E-state index is 0.783. The van der Waals surface area contributed by atoms with Crippen molar-refractivity contribution in [2.75, 3.05) is 6.54 Å². The fraction of sp³-hybridized carbons (Fsp3) is 0.333. The maximum Gasteiger partial charge on any atom is 0.192 e. The average Bonchev–Trinajstić information content (AvgIpc) is 2.44. The van der Waals surface area contributed by atoms with Gasteiger partial charge < -0.3 is 5.32 Å². The lowest BCUT2D eigenvalue weighted by atomic mass is 10.2. The standard InChI is InChI=1S/C15H18BrN3S/c1-3-6-17-10-12-4-5-13(16)7-14(12)20-15-18-8-11(2)9-19-15/h4-5,7-9,17H,3,6,10H2,1-2H3. The molecule has 106 valence electrons. The van der Waals surface area contributed by atoms with E-state index in [2.05, 4.69) is 56.3 Å². The van der Waals surface area contributed by atoms with Crippen molar-refractivity contribution in [1.29, 1.82) is 0 Å². The second-order valence-corrected chi connectivity index (χ2v) is 6.50. The minimum absolute atomic E-state index is 0.783. The molecule has 1 N–H and O–H groups in total. The van der Waals surface area contributed by atoms with Gasteiger partial charge in [0.1, 0.15) is 0 Å². The molecule has 1 aromatic carbocycles. The molecule has 0 aliphatic rings. The van der Waals surface area contributed by atoms with E-state index in [-0.39, 0.29) is 0 Å². The van der Waals surface area contributed by atoms with E-state index < -0.39 is 0 Å². The number of benzene rings is 1. The number of nitrogens with zero attached hydrogens (tertiary/aromatic N) is 2. The highest BCUT2D eigenvalue weighted by Crippen LogP contribution is 2.30. The second kappa shape index (κ2) is 7.76. The molecular formula is C15H18BrN3S. The zero-order chi connectivity index (χ0) is 14.4. The Balaban J connectivity index is 2.15. The van der Waals surface area contributed by atoms with Crippen molar-refractivity contribution in [2.24, 2.45) is 0 Å². The number of halogens is 1. The second-order valence-electron chi connectivity index (χ2n) is 4.57. The first kappa shape index (κ1) is 15.5. The lowest BCUT2D eigenvalue weighted by Gasteiger charge is -2.10. The monoisotopic (exact) mass is 351 g/mol. The molecule has 0 aliphatic carbocycles. The summed E-state index contributed by atoms with van der Waals surface area (Å²) >= 11 is 5.13. The van der Waals surface area contributed by atoms with E-state index in [0.717, 1.165) is 34.7 Å². The maximum atomic E-state index is 4.36. The van der Waals surface area contributed by atoms with Crippen molar-refractivity contribution in [3.8, 4) is 0 Å². The quantitative estimate of drug-likeness (QED) is 0.625. The molecule has 20 heavy (non-hydrogen) atoms. The number of hydrogen-bond donors (Lipinski definition) is 1. The van der Waals surface area contributed by atoms with Gasteiger partial charge in [0, 0.05) is 28.3 Å². The number of hydrogen-bond acceptors (Lipinski definition) is 4. The van der Waals surface area contributed by atoms with Crippen LogP contribution in [0.25, 0.3) is 0 Å². The summed E-state index contributed by atoms with van der Waals surface area (Å²) in [6.07, 6.45) is 4.84. The molecule has 0 spiro atoms. The first-order chi connectivity index (χ1) is 9.69.